The Morgan fingerprint density at radius 1 is 1.10 bits per heavy atom. The van der Waals surface area contributed by atoms with Crippen molar-refractivity contribution >= 4 is 40.5 Å². The van der Waals surface area contributed by atoms with Crippen molar-refractivity contribution in [3.63, 3.8) is 0 Å². The number of amides is 1. The van der Waals surface area contributed by atoms with Crippen molar-refractivity contribution in [2.45, 2.75) is 0 Å². The molecule has 0 fully saturated rings. The summed E-state index contributed by atoms with van der Waals surface area (Å²) in [6.45, 7) is -0.0220. The van der Waals surface area contributed by atoms with E-state index in [1.54, 1.807) is 24.3 Å². The SMILES string of the molecule is O=C(CNc1ccccc1Cl)Nc1ccc(Cl)cc1F. The van der Waals surface area contributed by atoms with Gasteiger partial charge < -0.3 is 10.6 Å². The lowest BCUT2D eigenvalue weighted by atomic mass is 10.3. The summed E-state index contributed by atoms with van der Waals surface area (Å²) < 4.78 is 13.5. The Morgan fingerprint density at radius 3 is 2.55 bits per heavy atom. The van der Waals surface area contributed by atoms with Gasteiger partial charge in [0.1, 0.15) is 5.82 Å². The monoisotopic (exact) mass is 312 g/mol. The number of carbonyl (C=O) groups excluding carboxylic acids is 1. The summed E-state index contributed by atoms with van der Waals surface area (Å²) >= 11 is 11.6. The van der Waals surface area contributed by atoms with Gasteiger partial charge in [-0.05, 0) is 30.3 Å². The lowest BCUT2D eigenvalue weighted by molar-refractivity contribution is -0.114. The number of nitrogens with one attached hydrogen (secondary N) is 2. The minimum Gasteiger partial charge on any atom is -0.375 e. The van der Waals surface area contributed by atoms with Gasteiger partial charge >= 0.3 is 0 Å². The van der Waals surface area contributed by atoms with Crippen molar-refractivity contribution in [2.24, 2.45) is 0 Å². The summed E-state index contributed by atoms with van der Waals surface area (Å²) in [4.78, 5) is 11.7. The van der Waals surface area contributed by atoms with Gasteiger partial charge in [0.2, 0.25) is 5.91 Å². The van der Waals surface area contributed by atoms with Crippen LogP contribution in [0.5, 0.6) is 0 Å². The molecule has 0 unspecified atom stereocenters. The zero-order valence-corrected chi connectivity index (χ0v) is 11.8. The molecular formula is C14H11Cl2FN2O. The quantitative estimate of drug-likeness (QED) is 0.889. The van der Waals surface area contributed by atoms with Crippen LogP contribution in [-0.4, -0.2) is 12.5 Å². The fourth-order valence-electron chi connectivity index (χ4n) is 1.57. The van der Waals surface area contributed by atoms with E-state index in [9.17, 15) is 9.18 Å². The highest BCUT2D eigenvalue weighted by Crippen LogP contribution is 2.21. The first-order valence-corrected chi connectivity index (χ1v) is 6.55. The molecule has 0 aliphatic heterocycles. The normalized spacial score (nSPS) is 10.2. The molecule has 0 atom stereocenters. The van der Waals surface area contributed by atoms with Crippen LogP contribution in [0.15, 0.2) is 42.5 Å². The van der Waals surface area contributed by atoms with Crippen LogP contribution in [-0.2, 0) is 4.79 Å². The van der Waals surface area contributed by atoms with Crippen LogP contribution in [0.1, 0.15) is 0 Å². The first-order chi connectivity index (χ1) is 9.56. The van der Waals surface area contributed by atoms with Gasteiger partial charge in [-0.15, -0.1) is 0 Å². The maximum absolute atomic E-state index is 13.5. The predicted molar refractivity (Wildman–Crippen MR) is 80.0 cm³/mol. The molecule has 6 heteroatoms. The Morgan fingerprint density at radius 2 is 1.85 bits per heavy atom. The van der Waals surface area contributed by atoms with Crippen LogP contribution < -0.4 is 10.6 Å². The highest BCUT2D eigenvalue weighted by Gasteiger charge is 2.08. The van der Waals surface area contributed by atoms with Crippen LogP contribution in [0.3, 0.4) is 0 Å². The molecule has 0 aliphatic carbocycles. The number of halogens is 3. The second kappa shape index (κ2) is 6.59. The second-order valence-corrected chi connectivity index (χ2v) is 4.85. The summed E-state index contributed by atoms with van der Waals surface area (Å²) in [5, 5.41) is 6.11. The van der Waals surface area contributed by atoms with Crippen molar-refractivity contribution in [2.75, 3.05) is 17.2 Å². The number of carbonyl (C=O) groups is 1. The lowest BCUT2D eigenvalue weighted by Crippen LogP contribution is -2.22. The third kappa shape index (κ3) is 3.85. The average molecular weight is 313 g/mol. The molecule has 0 bridgehead atoms. The minimum atomic E-state index is -0.580. The van der Waals surface area contributed by atoms with E-state index in [0.29, 0.717) is 10.7 Å². The molecule has 0 radical (unpaired) electrons. The average Bonchev–Trinajstić information content (AvgIpc) is 2.41. The van der Waals surface area contributed by atoms with E-state index in [1.165, 1.54) is 12.1 Å². The van der Waals surface area contributed by atoms with Gasteiger partial charge in [-0.1, -0.05) is 35.3 Å². The van der Waals surface area contributed by atoms with Crippen molar-refractivity contribution in [3.8, 4) is 0 Å². The molecule has 0 heterocycles. The number of rotatable bonds is 4. The van der Waals surface area contributed by atoms with Gasteiger partial charge in [-0.25, -0.2) is 4.39 Å². The molecule has 3 nitrogen and oxygen atoms in total. The van der Waals surface area contributed by atoms with E-state index in [0.717, 1.165) is 6.07 Å². The van der Waals surface area contributed by atoms with Gasteiger partial charge in [0.25, 0.3) is 0 Å². The van der Waals surface area contributed by atoms with E-state index in [-0.39, 0.29) is 23.2 Å². The Kier molecular flexibility index (Phi) is 4.82. The van der Waals surface area contributed by atoms with Crippen LogP contribution in [0.25, 0.3) is 0 Å². The third-order valence-corrected chi connectivity index (χ3v) is 3.08. The Bertz CT molecular complexity index is 634. The highest BCUT2D eigenvalue weighted by atomic mass is 35.5. The van der Waals surface area contributed by atoms with E-state index >= 15 is 0 Å². The number of hydrogen-bond acceptors (Lipinski definition) is 2. The number of benzene rings is 2. The standard InChI is InChI=1S/C14H11Cl2FN2O/c15-9-5-6-13(11(17)7-9)19-14(20)8-18-12-4-2-1-3-10(12)16/h1-7,18H,8H2,(H,19,20). The molecule has 2 N–H and O–H groups in total. The van der Waals surface area contributed by atoms with E-state index < -0.39 is 5.82 Å². The summed E-state index contributed by atoms with van der Waals surface area (Å²) in [5.41, 5.74) is 0.723. The molecule has 0 aliphatic rings. The maximum Gasteiger partial charge on any atom is 0.243 e. The zero-order chi connectivity index (χ0) is 14.5. The highest BCUT2D eigenvalue weighted by molar-refractivity contribution is 6.33. The molecule has 0 saturated carbocycles. The van der Waals surface area contributed by atoms with Crippen LogP contribution >= 0.6 is 23.2 Å². The Labute approximate surface area is 125 Å². The molecule has 0 spiro atoms. The van der Waals surface area contributed by atoms with Crippen LogP contribution in [0.4, 0.5) is 15.8 Å². The van der Waals surface area contributed by atoms with Crippen LogP contribution in [0.2, 0.25) is 10.0 Å². The van der Waals surface area contributed by atoms with E-state index in [2.05, 4.69) is 10.6 Å². The van der Waals surface area contributed by atoms with Gasteiger partial charge in [0.05, 0.1) is 22.9 Å². The molecule has 2 aromatic rings. The van der Waals surface area contributed by atoms with Gasteiger partial charge in [0.15, 0.2) is 0 Å². The van der Waals surface area contributed by atoms with Crippen molar-refractivity contribution in [1.29, 1.82) is 0 Å². The number of para-hydroxylation sites is 1. The first-order valence-electron chi connectivity index (χ1n) is 5.79. The summed E-state index contributed by atoms with van der Waals surface area (Å²) in [6, 6.07) is 11.1. The second-order valence-electron chi connectivity index (χ2n) is 4.01. The molecule has 104 valence electrons. The summed E-state index contributed by atoms with van der Waals surface area (Å²) in [7, 11) is 0. The summed E-state index contributed by atoms with van der Waals surface area (Å²) in [5.74, 6) is -0.963. The Hall–Kier alpha value is -1.78. The molecule has 2 rings (SSSR count). The molecule has 0 aromatic heterocycles. The van der Waals surface area contributed by atoms with Gasteiger partial charge in [-0.3, -0.25) is 4.79 Å². The van der Waals surface area contributed by atoms with Crippen molar-refractivity contribution in [1.82, 2.24) is 0 Å². The predicted octanol–water partition coefficient (Wildman–Crippen LogP) is 4.18. The van der Waals surface area contributed by atoms with Gasteiger partial charge in [0, 0.05) is 5.02 Å². The Balaban J connectivity index is 1.94. The molecule has 2 aromatic carbocycles. The molecular weight excluding hydrogens is 302 g/mol. The molecule has 0 saturated heterocycles. The van der Waals surface area contributed by atoms with Crippen molar-refractivity contribution < 1.29 is 9.18 Å². The molecule has 1 amide bonds. The van der Waals surface area contributed by atoms with E-state index in [1.807, 2.05) is 0 Å². The first kappa shape index (κ1) is 14.6. The molecule has 20 heavy (non-hydrogen) atoms. The van der Waals surface area contributed by atoms with Gasteiger partial charge in [-0.2, -0.15) is 0 Å². The van der Waals surface area contributed by atoms with Crippen molar-refractivity contribution in [3.05, 3.63) is 58.3 Å². The minimum absolute atomic E-state index is 0.0220. The maximum atomic E-state index is 13.5. The fourth-order valence-corrected chi connectivity index (χ4v) is 1.93. The van der Waals surface area contributed by atoms with E-state index in [4.69, 9.17) is 23.2 Å². The zero-order valence-electron chi connectivity index (χ0n) is 10.3. The topological polar surface area (TPSA) is 41.1 Å². The number of hydrogen-bond donors (Lipinski definition) is 2. The fraction of sp³-hybridized carbons (Fsp3) is 0.0714. The smallest absolute Gasteiger partial charge is 0.243 e. The largest absolute Gasteiger partial charge is 0.375 e. The summed E-state index contributed by atoms with van der Waals surface area (Å²) in [6.07, 6.45) is 0. The third-order valence-electron chi connectivity index (χ3n) is 2.52. The van der Waals surface area contributed by atoms with Crippen LogP contribution in [0, 0.1) is 5.82 Å². The lowest BCUT2D eigenvalue weighted by Gasteiger charge is -2.09. The number of anilines is 2.